The first-order chi connectivity index (χ1) is 14.4. The molecule has 2 heterocycles. The summed E-state index contributed by atoms with van der Waals surface area (Å²) in [6.45, 7) is 11.4. The lowest BCUT2D eigenvalue weighted by Crippen LogP contribution is -2.48. The molecular formula is C23H27ClN4OS. The molecule has 3 aromatic rings. The summed E-state index contributed by atoms with van der Waals surface area (Å²) in [5, 5.41) is 4.88. The Bertz CT molecular complexity index is 1030. The van der Waals surface area contributed by atoms with Crippen molar-refractivity contribution in [3.05, 3.63) is 57.6 Å². The average molecular weight is 443 g/mol. The van der Waals surface area contributed by atoms with Gasteiger partial charge in [0.15, 0.2) is 5.13 Å². The van der Waals surface area contributed by atoms with E-state index in [9.17, 15) is 4.79 Å². The van der Waals surface area contributed by atoms with Crippen LogP contribution in [0.5, 0.6) is 0 Å². The lowest BCUT2D eigenvalue weighted by Gasteiger charge is -2.34. The van der Waals surface area contributed by atoms with Crippen LogP contribution in [0.15, 0.2) is 30.3 Å². The van der Waals surface area contributed by atoms with E-state index in [1.165, 1.54) is 5.56 Å². The number of carbonyl (C=O) groups is 1. The Labute approximate surface area is 186 Å². The van der Waals surface area contributed by atoms with Crippen LogP contribution >= 0.6 is 22.9 Å². The van der Waals surface area contributed by atoms with Gasteiger partial charge in [0, 0.05) is 44.8 Å². The zero-order valence-electron chi connectivity index (χ0n) is 17.7. The number of piperazine rings is 1. The molecule has 1 fully saturated rings. The first-order valence-corrected chi connectivity index (χ1v) is 11.5. The molecule has 0 spiro atoms. The zero-order valence-corrected chi connectivity index (χ0v) is 19.2. The van der Waals surface area contributed by atoms with E-state index in [2.05, 4.69) is 22.0 Å². The number of rotatable bonds is 5. The minimum absolute atomic E-state index is 0.00728. The van der Waals surface area contributed by atoms with Crippen LogP contribution in [0.1, 0.15) is 27.0 Å². The molecule has 1 aliphatic rings. The van der Waals surface area contributed by atoms with Gasteiger partial charge in [0.25, 0.3) is 5.91 Å². The Morgan fingerprint density at radius 2 is 1.87 bits per heavy atom. The standard InChI is InChI=1S/C23H27ClN4OS/c1-15-4-6-18(17(3)14-15)22(29)25-8-9-27-10-12-28(13-11-27)23-26-20-16(2)5-7-19(24)21(20)30-23/h4-7,14H,8-13H2,1-3H3,(H,25,29). The highest BCUT2D eigenvalue weighted by Crippen LogP contribution is 2.35. The number of benzene rings is 2. The maximum atomic E-state index is 12.4. The fourth-order valence-electron chi connectivity index (χ4n) is 3.88. The number of halogens is 1. The summed E-state index contributed by atoms with van der Waals surface area (Å²) >= 11 is 8.03. The molecule has 2 aromatic carbocycles. The number of amides is 1. The summed E-state index contributed by atoms with van der Waals surface area (Å²) < 4.78 is 1.07. The van der Waals surface area contributed by atoms with Gasteiger partial charge in [0.2, 0.25) is 0 Å². The normalized spacial score (nSPS) is 15.0. The van der Waals surface area contributed by atoms with Crippen molar-refractivity contribution in [1.82, 2.24) is 15.2 Å². The smallest absolute Gasteiger partial charge is 0.251 e. The summed E-state index contributed by atoms with van der Waals surface area (Å²) in [4.78, 5) is 22.0. The number of fused-ring (bicyclic) bond motifs is 1. The minimum Gasteiger partial charge on any atom is -0.351 e. The van der Waals surface area contributed by atoms with Gasteiger partial charge < -0.3 is 10.2 Å². The second-order valence-electron chi connectivity index (χ2n) is 7.94. The maximum absolute atomic E-state index is 12.4. The van der Waals surface area contributed by atoms with E-state index in [0.717, 1.165) is 69.8 Å². The first-order valence-electron chi connectivity index (χ1n) is 10.3. The number of hydrogen-bond acceptors (Lipinski definition) is 5. The molecule has 1 N–H and O–H groups in total. The van der Waals surface area contributed by atoms with Gasteiger partial charge in [0.05, 0.1) is 15.2 Å². The van der Waals surface area contributed by atoms with Crippen LogP contribution in [0.3, 0.4) is 0 Å². The molecule has 0 atom stereocenters. The highest BCUT2D eigenvalue weighted by atomic mass is 35.5. The number of aromatic nitrogens is 1. The number of nitrogens with zero attached hydrogens (tertiary/aromatic N) is 3. The fraction of sp³-hybridized carbons (Fsp3) is 0.391. The molecule has 4 rings (SSSR count). The Kier molecular flexibility index (Phi) is 6.27. The van der Waals surface area contributed by atoms with E-state index >= 15 is 0 Å². The molecule has 5 nitrogen and oxygen atoms in total. The summed E-state index contributed by atoms with van der Waals surface area (Å²) in [7, 11) is 0. The molecule has 1 aliphatic heterocycles. The van der Waals surface area contributed by atoms with E-state index in [1.807, 2.05) is 44.2 Å². The van der Waals surface area contributed by atoms with Crippen LogP contribution in [0.4, 0.5) is 5.13 Å². The molecule has 0 radical (unpaired) electrons. The second kappa shape index (κ2) is 8.92. The van der Waals surface area contributed by atoms with Crippen LogP contribution in [0, 0.1) is 20.8 Å². The van der Waals surface area contributed by atoms with Gasteiger partial charge in [-0.2, -0.15) is 0 Å². The highest BCUT2D eigenvalue weighted by molar-refractivity contribution is 7.22. The van der Waals surface area contributed by atoms with Crippen molar-refractivity contribution in [3.8, 4) is 0 Å². The number of hydrogen-bond donors (Lipinski definition) is 1. The topological polar surface area (TPSA) is 48.5 Å². The van der Waals surface area contributed by atoms with Crippen molar-refractivity contribution in [2.24, 2.45) is 0 Å². The third-order valence-electron chi connectivity index (χ3n) is 5.67. The SMILES string of the molecule is Cc1ccc(C(=O)NCCN2CCN(c3nc4c(C)ccc(Cl)c4s3)CC2)c(C)c1. The van der Waals surface area contributed by atoms with Crippen molar-refractivity contribution in [2.45, 2.75) is 20.8 Å². The summed E-state index contributed by atoms with van der Waals surface area (Å²) in [6, 6.07) is 9.91. The Balaban J connectivity index is 1.28. The Hall–Kier alpha value is -2.15. The third-order valence-corrected chi connectivity index (χ3v) is 7.25. The van der Waals surface area contributed by atoms with E-state index in [-0.39, 0.29) is 5.91 Å². The molecule has 1 aromatic heterocycles. The molecule has 0 bridgehead atoms. The van der Waals surface area contributed by atoms with Crippen LogP contribution in [-0.2, 0) is 0 Å². The molecule has 7 heteroatoms. The second-order valence-corrected chi connectivity index (χ2v) is 9.33. The van der Waals surface area contributed by atoms with Gasteiger partial charge in [-0.25, -0.2) is 4.98 Å². The first kappa shape index (κ1) is 21.1. The lowest BCUT2D eigenvalue weighted by atomic mass is 10.1. The van der Waals surface area contributed by atoms with E-state index in [0.29, 0.717) is 6.54 Å². The largest absolute Gasteiger partial charge is 0.351 e. The van der Waals surface area contributed by atoms with Crippen molar-refractivity contribution in [1.29, 1.82) is 0 Å². The van der Waals surface area contributed by atoms with Crippen LogP contribution < -0.4 is 10.2 Å². The van der Waals surface area contributed by atoms with E-state index < -0.39 is 0 Å². The zero-order chi connectivity index (χ0) is 21.3. The predicted molar refractivity (Wildman–Crippen MR) is 126 cm³/mol. The van der Waals surface area contributed by atoms with Crippen LogP contribution in [-0.4, -0.2) is 55.1 Å². The van der Waals surface area contributed by atoms with Gasteiger partial charge in [-0.1, -0.05) is 46.7 Å². The molecule has 0 unspecified atom stereocenters. The number of nitrogens with one attached hydrogen (secondary N) is 1. The average Bonchev–Trinajstić information content (AvgIpc) is 3.18. The lowest BCUT2D eigenvalue weighted by molar-refractivity contribution is 0.0947. The maximum Gasteiger partial charge on any atom is 0.251 e. The molecular weight excluding hydrogens is 416 g/mol. The van der Waals surface area contributed by atoms with Crippen molar-refractivity contribution in [3.63, 3.8) is 0 Å². The molecule has 0 aliphatic carbocycles. The summed E-state index contributed by atoms with van der Waals surface area (Å²) in [5.74, 6) is 0.00728. The molecule has 0 saturated carbocycles. The predicted octanol–water partition coefficient (Wildman–Crippen LogP) is 4.43. The third kappa shape index (κ3) is 4.46. The van der Waals surface area contributed by atoms with Crippen molar-refractivity contribution < 1.29 is 4.79 Å². The molecule has 158 valence electrons. The minimum atomic E-state index is 0.00728. The molecule has 1 amide bonds. The van der Waals surface area contributed by atoms with Crippen molar-refractivity contribution >= 4 is 44.2 Å². The van der Waals surface area contributed by atoms with E-state index in [4.69, 9.17) is 16.6 Å². The van der Waals surface area contributed by atoms with Crippen molar-refractivity contribution in [2.75, 3.05) is 44.2 Å². The molecule has 1 saturated heterocycles. The number of thiazole rings is 1. The van der Waals surface area contributed by atoms with Gasteiger partial charge in [0.1, 0.15) is 0 Å². The van der Waals surface area contributed by atoms with Gasteiger partial charge in [-0.15, -0.1) is 0 Å². The fourth-order valence-corrected chi connectivity index (χ4v) is 5.25. The van der Waals surface area contributed by atoms with Gasteiger partial charge >= 0.3 is 0 Å². The Morgan fingerprint density at radius 1 is 1.10 bits per heavy atom. The van der Waals surface area contributed by atoms with Crippen LogP contribution in [0.25, 0.3) is 10.2 Å². The van der Waals surface area contributed by atoms with Gasteiger partial charge in [-0.05, 0) is 44.0 Å². The summed E-state index contributed by atoms with van der Waals surface area (Å²) in [5.41, 5.74) is 5.13. The van der Waals surface area contributed by atoms with Gasteiger partial charge in [-0.3, -0.25) is 9.69 Å². The van der Waals surface area contributed by atoms with E-state index in [1.54, 1.807) is 11.3 Å². The quantitative estimate of drug-likeness (QED) is 0.635. The highest BCUT2D eigenvalue weighted by Gasteiger charge is 2.21. The number of anilines is 1. The van der Waals surface area contributed by atoms with Crippen LogP contribution in [0.2, 0.25) is 5.02 Å². The number of carbonyl (C=O) groups excluding carboxylic acids is 1. The number of aryl methyl sites for hydroxylation is 3. The Morgan fingerprint density at radius 3 is 2.57 bits per heavy atom. The monoisotopic (exact) mass is 442 g/mol. The summed E-state index contributed by atoms with van der Waals surface area (Å²) in [6.07, 6.45) is 0. The molecule has 30 heavy (non-hydrogen) atoms.